The van der Waals surface area contributed by atoms with Crippen molar-refractivity contribution in [3.63, 3.8) is 0 Å². The third-order valence-corrected chi connectivity index (χ3v) is 26.1. The van der Waals surface area contributed by atoms with E-state index in [2.05, 4.69) is 109 Å². The van der Waals surface area contributed by atoms with E-state index >= 15 is 0 Å². The Morgan fingerprint density at radius 3 is 1.15 bits per heavy atom. The van der Waals surface area contributed by atoms with Gasteiger partial charge in [0.25, 0.3) is 16.6 Å². The van der Waals surface area contributed by atoms with Crippen LogP contribution in [0.4, 0.5) is 0 Å². The number of benzene rings is 3. The van der Waals surface area contributed by atoms with E-state index < -0.39 is 28.5 Å². The van der Waals surface area contributed by atoms with Crippen molar-refractivity contribution in [1.82, 2.24) is 0 Å². The molecule has 3 aromatic rings. The molecule has 370 valence electrons. The molecule has 0 bridgehead atoms. The zero-order valence-corrected chi connectivity index (χ0v) is 46.4. The number of rotatable bonds is 25. The molecule has 0 saturated heterocycles. The van der Waals surface area contributed by atoms with Gasteiger partial charge in [-0.25, -0.2) is 4.79 Å². The fourth-order valence-corrected chi connectivity index (χ4v) is 21.8. The van der Waals surface area contributed by atoms with E-state index in [0.717, 1.165) is 16.7 Å². The molecule has 0 spiro atoms. The second kappa shape index (κ2) is 24.0. The predicted molar refractivity (Wildman–Crippen MR) is 273 cm³/mol. The van der Waals surface area contributed by atoms with Crippen LogP contribution in [0.3, 0.4) is 0 Å². The molecule has 3 atom stereocenters. The first kappa shape index (κ1) is 55.8. The quantitative estimate of drug-likeness (QED) is 0.0460. The molecule has 0 aliphatic heterocycles. The third kappa shape index (κ3) is 11.3. The standard InChI is InChI=1S/C53H84O11Si2/c1-31(2)65(32(3)4,33(5)6)63-47-29-43(56-16)40(27-45(47)58-18)52(41-28-46(59-19)48(30-44(41)57-17)64-66(34(7)8,35(9)10)36(11)12)38(14)51(37(13)23-24-50(54)61-21)42-25-39(55-15)26-49(60-20)53(42)62-22/h23-38,51-52H,1-22H3/b24-23+/t37-,38+,51-/m0/s1. The van der Waals surface area contributed by atoms with Crippen molar-refractivity contribution in [2.24, 2.45) is 11.8 Å². The van der Waals surface area contributed by atoms with Crippen LogP contribution in [-0.2, 0) is 9.53 Å². The van der Waals surface area contributed by atoms with Crippen molar-refractivity contribution in [3.05, 3.63) is 65.2 Å². The van der Waals surface area contributed by atoms with Crippen molar-refractivity contribution < 1.29 is 51.5 Å². The van der Waals surface area contributed by atoms with Crippen LogP contribution in [0.1, 0.15) is 125 Å². The summed E-state index contributed by atoms with van der Waals surface area (Å²) >= 11 is 0. The lowest BCUT2D eigenvalue weighted by atomic mass is 9.68. The predicted octanol–water partition coefficient (Wildman–Crippen LogP) is 13.8. The molecule has 0 N–H and O–H groups in total. The maximum Gasteiger partial charge on any atom is 0.330 e. The number of carbonyl (C=O) groups excluding carboxylic acids is 1. The molecule has 0 heterocycles. The Balaban J connectivity index is 2.68. The largest absolute Gasteiger partial charge is 0.540 e. The van der Waals surface area contributed by atoms with Crippen molar-refractivity contribution >= 4 is 22.6 Å². The molecule has 0 unspecified atom stereocenters. The summed E-state index contributed by atoms with van der Waals surface area (Å²) in [6.45, 7) is 31.5. The maximum atomic E-state index is 12.7. The van der Waals surface area contributed by atoms with Gasteiger partial charge in [-0.1, -0.05) is 103 Å². The van der Waals surface area contributed by atoms with Gasteiger partial charge in [0.2, 0.25) is 0 Å². The molecule has 11 nitrogen and oxygen atoms in total. The van der Waals surface area contributed by atoms with E-state index in [1.54, 1.807) is 55.8 Å². The Bertz CT molecular complexity index is 1940. The van der Waals surface area contributed by atoms with Crippen molar-refractivity contribution in [2.75, 3.05) is 56.9 Å². The van der Waals surface area contributed by atoms with Crippen molar-refractivity contribution in [1.29, 1.82) is 0 Å². The van der Waals surface area contributed by atoms with E-state index in [9.17, 15) is 4.79 Å². The van der Waals surface area contributed by atoms with Crippen LogP contribution in [0, 0.1) is 11.8 Å². The van der Waals surface area contributed by atoms with Gasteiger partial charge in [0.1, 0.15) is 28.7 Å². The van der Waals surface area contributed by atoms with Crippen LogP contribution in [0.15, 0.2) is 48.6 Å². The second-order valence-electron chi connectivity index (χ2n) is 19.4. The van der Waals surface area contributed by atoms with Gasteiger partial charge < -0.3 is 46.7 Å². The molecule has 13 heteroatoms. The van der Waals surface area contributed by atoms with Gasteiger partial charge in [0.15, 0.2) is 23.0 Å². The molecule has 66 heavy (non-hydrogen) atoms. The van der Waals surface area contributed by atoms with Gasteiger partial charge in [0.05, 0.1) is 56.9 Å². The summed E-state index contributed by atoms with van der Waals surface area (Å²) in [6.07, 6.45) is 3.35. The summed E-state index contributed by atoms with van der Waals surface area (Å²) in [7, 11) is 8.06. The van der Waals surface area contributed by atoms with Gasteiger partial charge in [0, 0.05) is 46.9 Å². The molecule has 0 amide bonds. The highest BCUT2D eigenvalue weighted by Crippen LogP contribution is 2.56. The number of methoxy groups -OCH3 is 8. The molecule has 3 aromatic carbocycles. The Labute approximate surface area is 400 Å². The summed E-state index contributed by atoms with van der Waals surface area (Å²) in [4.78, 5) is 12.7. The highest BCUT2D eigenvalue weighted by molar-refractivity contribution is 6.78. The topological polar surface area (TPSA) is 109 Å². The minimum absolute atomic E-state index is 0.289. The van der Waals surface area contributed by atoms with Crippen molar-refractivity contribution in [2.45, 2.75) is 142 Å². The summed E-state index contributed by atoms with van der Waals surface area (Å²) in [5, 5.41) is 0. The van der Waals surface area contributed by atoms with Crippen molar-refractivity contribution in [3.8, 4) is 51.7 Å². The van der Waals surface area contributed by atoms with Crippen LogP contribution >= 0.6 is 0 Å². The lowest BCUT2D eigenvalue weighted by Gasteiger charge is -2.43. The van der Waals surface area contributed by atoms with Gasteiger partial charge in [-0.3, -0.25) is 0 Å². The van der Waals surface area contributed by atoms with E-state index in [1.807, 2.05) is 24.3 Å². The first-order valence-electron chi connectivity index (χ1n) is 23.5. The van der Waals surface area contributed by atoms with Crippen LogP contribution in [0.5, 0.6) is 51.7 Å². The number of hydrogen-bond acceptors (Lipinski definition) is 11. The van der Waals surface area contributed by atoms with E-state index in [4.69, 9.17) is 46.7 Å². The second-order valence-corrected chi connectivity index (χ2v) is 30.1. The number of esters is 1. The van der Waals surface area contributed by atoms with Crippen LogP contribution in [-0.4, -0.2) is 79.5 Å². The van der Waals surface area contributed by atoms with Crippen LogP contribution < -0.4 is 42.0 Å². The Morgan fingerprint density at radius 2 is 0.833 bits per heavy atom. The maximum absolute atomic E-state index is 12.7. The highest BCUT2D eigenvalue weighted by atomic mass is 28.4. The van der Waals surface area contributed by atoms with Crippen LogP contribution in [0.2, 0.25) is 33.2 Å². The van der Waals surface area contributed by atoms with Gasteiger partial charge >= 0.3 is 5.97 Å². The highest BCUT2D eigenvalue weighted by Gasteiger charge is 2.49. The van der Waals surface area contributed by atoms with Crippen LogP contribution in [0.25, 0.3) is 0 Å². The number of carbonyl (C=O) groups is 1. The first-order chi connectivity index (χ1) is 31.1. The fourth-order valence-electron chi connectivity index (χ4n) is 11.3. The number of allylic oxidation sites excluding steroid dienone is 1. The summed E-state index contributed by atoms with van der Waals surface area (Å²) in [5.41, 5.74) is 4.37. The molecule has 3 rings (SSSR count). The Kier molecular flexibility index (Phi) is 20.3. The first-order valence-corrected chi connectivity index (χ1v) is 27.8. The lowest BCUT2D eigenvalue weighted by molar-refractivity contribution is -0.134. The van der Waals surface area contributed by atoms with Gasteiger partial charge in [-0.2, -0.15) is 0 Å². The number of hydrogen-bond donors (Lipinski definition) is 0. The molecular formula is C53H84O11Si2. The zero-order chi connectivity index (χ0) is 50.0. The SMILES string of the molecule is COC(=O)/C=C/[C@H](C)[C@H](c1cc(OC)cc(OC)c1OC)[C@@H](C)C(c1cc(OC)c(O[Si](C(C)C)(C(C)C)C(C)C)cc1OC)c1cc(OC)c(O[Si](C(C)C)(C(C)C)C(C)C)cc1OC. The van der Waals surface area contributed by atoms with E-state index in [-0.39, 0.29) is 17.8 Å². The molecule has 0 fully saturated rings. The minimum atomic E-state index is -2.45. The third-order valence-electron chi connectivity index (χ3n) is 14.2. The molecular weight excluding hydrogens is 869 g/mol. The number of ether oxygens (including phenoxy) is 8. The molecule has 0 aliphatic carbocycles. The smallest absolute Gasteiger partial charge is 0.330 e. The van der Waals surface area contributed by atoms with Gasteiger partial charge in [-0.15, -0.1) is 0 Å². The van der Waals surface area contributed by atoms with E-state index in [1.165, 1.54) is 13.2 Å². The Hall–Kier alpha value is -4.50. The zero-order valence-electron chi connectivity index (χ0n) is 44.4. The fraction of sp³-hybridized carbons (Fsp3) is 0.604. The Morgan fingerprint density at radius 1 is 0.439 bits per heavy atom. The van der Waals surface area contributed by atoms with Gasteiger partial charge in [-0.05, 0) is 69.2 Å². The monoisotopic (exact) mass is 953 g/mol. The molecule has 0 radical (unpaired) electrons. The molecule has 0 aromatic heterocycles. The summed E-state index contributed by atoms with van der Waals surface area (Å²) in [6, 6.07) is 11.9. The average molecular weight is 953 g/mol. The summed E-state index contributed by atoms with van der Waals surface area (Å²) in [5.74, 6) is 3.38. The molecule has 0 saturated carbocycles. The molecule has 0 aliphatic rings. The minimum Gasteiger partial charge on any atom is -0.540 e. The lowest BCUT2D eigenvalue weighted by Crippen LogP contribution is -2.50. The summed E-state index contributed by atoms with van der Waals surface area (Å²) < 4.78 is 63.2. The van der Waals surface area contributed by atoms with E-state index in [0.29, 0.717) is 85.0 Å². The normalized spacial score (nSPS) is 13.8. The average Bonchev–Trinajstić information content (AvgIpc) is 3.27.